The third-order valence-corrected chi connectivity index (χ3v) is 2.33. The predicted molar refractivity (Wildman–Crippen MR) is 63.7 cm³/mol. The van der Waals surface area contributed by atoms with Gasteiger partial charge in [0.25, 0.3) is 0 Å². The molecule has 0 bridgehead atoms. The Morgan fingerprint density at radius 2 is 2.24 bits per heavy atom. The van der Waals surface area contributed by atoms with Crippen LogP contribution in [-0.2, 0) is 16.5 Å². The van der Waals surface area contributed by atoms with Crippen LogP contribution in [-0.4, -0.2) is 35.1 Å². The van der Waals surface area contributed by atoms with Gasteiger partial charge in [-0.05, 0) is 20.8 Å². The minimum atomic E-state index is -0.474. The van der Waals surface area contributed by atoms with Crippen LogP contribution in [0, 0.1) is 6.92 Å². The Labute approximate surface area is 101 Å². The van der Waals surface area contributed by atoms with E-state index in [4.69, 9.17) is 15.2 Å². The molecule has 0 aliphatic rings. The number of nitrogens with two attached hydrogens (primary N) is 1. The first kappa shape index (κ1) is 13.5. The third kappa shape index (κ3) is 3.20. The number of hydrogen-bond acceptors (Lipinski definition) is 5. The topological polar surface area (TPSA) is 79.4 Å². The zero-order valence-corrected chi connectivity index (χ0v) is 10.7. The minimum Gasteiger partial charge on any atom is -0.455 e. The average molecular weight is 241 g/mol. The summed E-state index contributed by atoms with van der Waals surface area (Å²) in [5.41, 5.74) is 7.03. The van der Waals surface area contributed by atoms with Crippen LogP contribution in [0.5, 0.6) is 0 Å². The smallest absolute Gasteiger partial charge is 0.359 e. The van der Waals surface area contributed by atoms with E-state index in [-0.39, 0.29) is 11.8 Å². The van der Waals surface area contributed by atoms with E-state index in [9.17, 15) is 4.79 Å². The van der Waals surface area contributed by atoms with Crippen LogP contribution in [0.2, 0.25) is 0 Å². The Morgan fingerprint density at radius 3 is 2.71 bits per heavy atom. The molecule has 6 nitrogen and oxygen atoms in total. The number of nitrogen functional groups attached to an aromatic ring is 1. The SMILES string of the molecule is CCOCC(C)OC(=O)c1c(N)c(C)nn1C. The van der Waals surface area contributed by atoms with Crippen molar-refractivity contribution in [2.24, 2.45) is 7.05 Å². The maximum Gasteiger partial charge on any atom is 0.359 e. The highest BCUT2D eigenvalue weighted by Crippen LogP contribution is 2.16. The van der Waals surface area contributed by atoms with Crippen molar-refractivity contribution in [1.82, 2.24) is 9.78 Å². The molecule has 96 valence electrons. The van der Waals surface area contributed by atoms with Gasteiger partial charge in [-0.1, -0.05) is 0 Å². The lowest BCUT2D eigenvalue weighted by Gasteiger charge is -2.13. The number of aryl methyl sites for hydroxylation is 2. The molecular formula is C11H19N3O3. The molecule has 0 aromatic carbocycles. The fourth-order valence-corrected chi connectivity index (χ4v) is 1.47. The Hall–Kier alpha value is -1.56. The van der Waals surface area contributed by atoms with Crippen LogP contribution in [0.1, 0.15) is 30.0 Å². The first-order valence-corrected chi connectivity index (χ1v) is 5.55. The van der Waals surface area contributed by atoms with Gasteiger partial charge in [0.2, 0.25) is 0 Å². The Morgan fingerprint density at radius 1 is 1.59 bits per heavy atom. The van der Waals surface area contributed by atoms with Crippen LogP contribution in [0.4, 0.5) is 5.69 Å². The Kier molecular flexibility index (Phi) is 4.51. The van der Waals surface area contributed by atoms with Gasteiger partial charge in [-0.3, -0.25) is 4.68 Å². The average Bonchev–Trinajstić information content (AvgIpc) is 2.50. The van der Waals surface area contributed by atoms with E-state index in [1.807, 2.05) is 6.92 Å². The van der Waals surface area contributed by atoms with Crippen LogP contribution < -0.4 is 5.73 Å². The fourth-order valence-electron chi connectivity index (χ4n) is 1.47. The number of esters is 1. The van der Waals surface area contributed by atoms with Gasteiger partial charge in [0.05, 0.1) is 18.0 Å². The molecule has 0 radical (unpaired) electrons. The molecule has 1 unspecified atom stereocenters. The number of rotatable bonds is 5. The number of nitrogens with zero attached hydrogens (tertiary/aromatic N) is 2. The molecule has 0 fully saturated rings. The molecule has 0 spiro atoms. The molecule has 0 aliphatic heterocycles. The fraction of sp³-hybridized carbons (Fsp3) is 0.636. The van der Waals surface area contributed by atoms with Crippen molar-refractivity contribution in [3.63, 3.8) is 0 Å². The van der Waals surface area contributed by atoms with Gasteiger partial charge in [0.1, 0.15) is 6.10 Å². The Balaban J connectivity index is 2.70. The van der Waals surface area contributed by atoms with E-state index in [1.165, 1.54) is 4.68 Å². The summed E-state index contributed by atoms with van der Waals surface area (Å²) in [7, 11) is 1.66. The first-order chi connectivity index (χ1) is 7.97. The highest BCUT2D eigenvalue weighted by atomic mass is 16.6. The second-order valence-electron chi connectivity index (χ2n) is 3.85. The van der Waals surface area contributed by atoms with Crippen LogP contribution in [0.15, 0.2) is 0 Å². The highest BCUT2D eigenvalue weighted by molar-refractivity contribution is 5.93. The maximum atomic E-state index is 11.9. The molecule has 1 aromatic heterocycles. The van der Waals surface area contributed by atoms with Crippen molar-refractivity contribution in [2.75, 3.05) is 18.9 Å². The summed E-state index contributed by atoms with van der Waals surface area (Å²) < 4.78 is 11.8. The summed E-state index contributed by atoms with van der Waals surface area (Å²) in [5, 5.41) is 4.06. The monoisotopic (exact) mass is 241 g/mol. The lowest BCUT2D eigenvalue weighted by atomic mass is 10.3. The molecule has 0 aliphatic carbocycles. The molecule has 0 amide bonds. The quantitative estimate of drug-likeness (QED) is 0.774. The second-order valence-corrected chi connectivity index (χ2v) is 3.85. The summed E-state index contributed by atoms with van der Waals surface area (Å²) in [6, 6.07) is 0. The van der Waals surface area contributed by atoms with E-state index in [2.05, 4.69) is 5.10 Å². The summed E-state index contributed by atoms with van der Waals surface area (Å²) in [6.45, 7) is 6.37. The maximum absolute atomic E-state index is 11.9. The molecule has 1 heterocycles. The van der Waals surface area contributed by atoms with Crippen LogP contribution in [0.25, 0.3) is 0 Å². The van der Waals surface area contributed by atoms with E-state index in [0.29, 0.717) is 24.6 Å². The summed E-state index contributed by atoms with van der Waals surface area (Å²) in [6.07, 6.45) is -0.308. The first-order valence-electron chi connectivity index (χ1n) is 5.55. The predicted octanol–water partition coefficient (Wildman–Crippen LogP) is 0.893. The van der Waals surface area contributed by atoms with Gasteiger partial charge in [-0.2, -0.15) is 5.10 Å². The molecule has 1 aromatic rings. The van der Waals surface area contributed by atoms with E-state index >= 15 is 0 Å². The molecular weight excluding hydrogens is 222 g/mol. The van der Waals surface area contributed by atoms with E-state index < -0.39 is 5.97 Å². The molecule has 6 heteroatoms. The van der Waals surface area contributed by atoms with Gasteiger partial charge in [0, 0.05) is 13.7 Å². The molecule has 17 heavy (non-hydrogen) atoms. The largest absolute Gasteiger partial charge is 0.455 e. The number of carbonyl (C=O) groups is 1. The van der Waals surface area contributed by atoms with Crippen molar-refractivity contribution in [1.29, 1.82) is 0 Å². The molecule has 1 atom stereocenters. The van der Waals surface area contributed by atoms with Gasteiger partial charge in [-0.25, -0.2) is 4.79 Å². The number of anilines is 1. The second kappa shape index (κ2) is 5.67. The van der Waals surface area contributed by atoms with Crippen molar-refractivity contribution < 1.29 is 14.3 Å². The number of ether oxygens (including phenoxy) is 2. The van der Waals surface area contributed by atoms with Gasteiger partial charge in [0.15, 0.2) is 5.69 Å². The summed E-state index contributed by atoms with van der Waals surface area (Å²) >= 11 is 0. The summed E-state index contributed by atoms with van der Waals surface area (Å²) in [5.74, 6) is -0.474. The lowest BCUT2D eigenvalue weighted by molar-refractivity contribution is 0.00355. The normalized spacial score (nSPS) is 12.5. The zero-order valence-electron chi connectivity index (χ0n) is 10.7. The number of carbonyl (C=O) groups excluding carboxylic acids is 1. The molecule has 0 saturated carbocycles. The van der Waals surface area contributed by atoms with Crippen molar-refractivity contribution >= 4 is 11.7 Å². The van der Waals surface area contributed by atoms with Crippen LogP contribution >= 0.6 is 0 Å². The van der Waals surface area contributed by atoms with Gasteiger partial charge >= 0.3 is 5.97 Å². The molecule has 0 saturated heterocycles. The van der Waals surface area contributed by atoms with E-state index in [1.54, 1.807) is 20.9 Å². The van der Waals surface area contributed by atoms with Gasteiger partial charge in [-0.15, -0.1) is 0 Å². The lowest BCUT2D eigenvalue weighted by Crippen LogP contribution is -2.22. The summed E-state index contributed by atoms with van der Waals surface area (Å²) in [4.78, 5) is 11.9. The van der Waals surface area contributed by atoms with Crippen molar-refractivity contribution in [2.45, 2.75) is 26.9 Å². The minimum absolute atomic E-state index is 0.283. The van der Waals surface area contributed by atoms with E-state index in [0.717, 1.165) is 0 Å². The number of hydrogen-bond donors (Lipinski definition) is 1. The van der Waals surface area contributed by atoms with Crippen molar-refractivity contribution in [3.05, 3.63) is 11.4 Å². The highest BCUT2D eigenvalue weighted by Gasteiger charge is 2.21. The van der Waals surface area contributed by atoms with Gasteiger partial charge < -0.3 is 15.2 Å². The van der Waals surface area contributed by atoms with Crippen molar-refractivity contribution in [3.8, 4) is 0 Å². The Bertz CT molecular complexity index is 401. The zero-order chi connectivity index (χ0) is 13.0. The standard InChI is InChI=1S/C11H19N3O3/c1-5-16-6-7(2)17-11(15)10-9(12)8(3)13-14(10)4/h7H,5-6,12H2,1-4H3. The number of aromatic nitrogens is 2. The third-order valence-electron chi connectivity index (χ3n) is 2.33. The molecule has 2 N–H and O–H groups in total. The van der Waals surface area contributed by atoms with Crippen LogP contribution in [0.3, 0.4) is 0 Å². The molecule has 1 rings (SSSR count).